The molecule has 0 saturated heterocycles. The molecular weight excluding hydrogens is 309 g/mol. The minimum Gasteiger partial charge on any atom is -0.211 e. The molecule has 0 rings (SSSR count). The number of hydrogen-bond donors (Lipinski definition) is 1. The highest BCUT2D eigenvalue weighted by Gasteiger charge is 2.68. The zero-order chi connectivity index (χ0) is 14.8. The molecule has 0 aromatic rings. The summed E-state index contributed by atoms with van der Waals surface area (Å²) in [5.41, 5.74) is 0. The molecule has 0 atom stereocenters. The molecule has 0 amide bonds. The van der Waals surface area contributed by atoms with Gasteiger partial charge in [0.2, 0.25) is 10.0 Å². The summed E-state index contributed by atoms with van der Waals surface area (Å²) in [4.78, 5) is 0. The molecule has 12 heteroatoms. The molecule has 110 valence electrons. The fraction of sp³-hybridized carbons (Fsp3) is 1.00. The van der Waals surface area contributed by atoms with Crippen LogP contribution in [0.15, 0.2) is 0 Å². The van der Waals surface area contributed by atoms with E-state index in [0.29, 0.717) is 4.13 Å². The quantitative estimate of drug-likeness (QED) is 0.746. The van der Waals surface area contributed by atoms with Crippen LogP contribution in [-0.2, 0) is 20.0 Å². The fourth-order valence-electron chi connectivity index (χ4n) is 0.748. The molecule has 0 spiro atoms. The van der Waals surface area contributed by atoms with E-state index in [9.17, 15) is 38.8 Å². The molecule has 0 saturated carbocycles. The average molecular weight is 319 g/mol. The summed E-state index contributed by atoms with van der Waals surface area (Å²) in [5.74, 6) is -0.864. The molecule has 0 aliphatic carbocycles. The van der Waals surface area contributed by atoms with Gasteiger partial charge in [0.25, 0.3) is 10.0 Å². The maximum absolute atomic E-state index is 12.5. The summed E-state index contributed by atoms with van der Waals surface area (Å²) in [6.07, 6.45) is -6.20. The van der Waals surface area contributed by atoms with Crippen LogP contribution in [-0.4, -0.2) is 34.0 Å². The number of sulfonamides is 2. The molecule has 1 N–H and O–H groups in total. The van der Waals surface area contributed by atoms with Crippen molar-refractivity contribution < 1.29 is 38.8 Å². The minimum absolute atomic E-state index is 0.0809. The number of halogens is 5. The largest absolute Gasteiger partial charge is 0.471 e. The first kappa shape index (κ1) is 17.5. The predicted octanol–water partition coefficient (Wildman–Crippen LogP) is 1.19. The molecule has 0 unspecified atom stereocenters. The lowest BCUT2D eigenvalue weighted by atomic mass is 10.4. The Hall–Kier alpha value is -0.490. The highest BCUT2D eigenvalue weighted by Crippen LogP contribution is 2.39. The normalized spacial score (nSPS) is 14.8. The van der Waals surface area contributed by atoms with Crippen LogP contribution in [0, 0.1) is 0 Å². The molecule has 0 fully saturated rings. The molecular formula is C6H10F5NO4S2. The van der Waals surface area contributed by atoms with Crippen molar-refractivity contribution in [2.24, 2.45) is 0 Å². The first-order valence-corrected chi connectivity index (χ1v) is 7.61. The van der Waals surface area contributed by atoms with Crippen molar-refractivity contribution in [2.45, 2.75) is 31.2 Å². The van der Waals surface area contributed by atoms with E-state index in [1.54, 1.807) is 0 Å². The van der Waals surface area contributed by atoms with E-state index in [1.165, 1.54) is 6.92 Å². The average Bonchev–Trinajstić information content (AvgIpc) is 2.11. The molecule has 0 bridgehead atoms. The van der Waals surface area contributed by atoms with Gasteiger partial charge in [-0.2, -0.15) is 22.0 Å². The van der Waals surface area contributed by atoms with Gasteiger partial charge in [-0.1, -0.05) is 13.3 Å². The van der Waals surface area contributed by atoms with Crippen LogP contribution in [0.4, 0.5) is 22.0 Å². The van der Waals surface area contributed by atoms with E-state index in [-0.39, 0.29) is 12.8 Å². The van der Waals surface area contributed by atoms with E-state index in [0.717, 1.165) is 0 Å². The van der Waals surface area contributed by atoms with Crippen molar-refractivity contribution in [3.05, 3.63) is 0 Å². The topological polar surface area (TPSA) is 80.3 Å². The highest BCUT2D eigenvalue weighted by atomic mass is 32.3. The first-order chi connectivity index (χ1) is 7.77. The first-order valence-electron chi connectivity index (χ1n) is 4.47. The smallest absolute Gasteiger partial charge is 0.211 e. The number of nitrogens with one attached hydrogen (secondary N) is 1. The Bertz CT molecular complexity index is 481. The standard InChI is InChI=1S/C6H10F5NO4S2/c1-2-3-4-17(13,14)12-18(15,16)6(10,11)5(7,8)9/h12H,2-4H2,1H3. The van der Waals surface area contributed by atoms with Gasteiger partial charge in [0.05, 0.1) is 5.75 Å². The Labute approximate surface area is 100 Å². The van der Waals surface area contributed by atoms with Gasteiger partial charge in [0.1, 0.15) is 0 Å². The van der Waals surface area contributed by atoms with Gasteiger partial charge in [-0.15, -0.1) is 4.13 Å². The molecule has 0 aromatic heterocycles. The Morgan fingerprint density at radius 3 is 1.78 bits per heavy atom. The maximum Gasteiger partial charge on any atom is 0.471 e. The number of alkyl halides is 5. The Kier molecular flexibility index (Phi) is 5.11. The van der Waals surface area contributed by atoms with Crippen molar-refractivity contribution in [3.63, 3.8) is 0 Å². The number of hydrogen-bond acceptors (Lipinski definition) is 4. The molecule has 5 nitrogen and oxygen atoms in total. The summed E-state index contributed by atoms with van der Waals surface area (Å²) in [5, 5.41) is -6.18. The minimum atomic E-state index is -6.40. The monoisotopic (exact) mass is 319 g/mol. The summed E-state index contributed by atoms with van der Waals surface area (Å²) in [6, 6.07) is 0. The summed E-state index contributed by atoms with van der Waals surface area (Å²) in [6.45, 7) is 1.52. The van der Waals surface area contributed by atoms with E-state index in [2.05, 4.69) is 0 Å². The molecule has 0 radical (unpaired) electrons. The number of rotatable bonds is 6. The molecule has 0 aromatic carbocycles. The third kappa shape index (κ3) is 4.02. The van der Waals surface area contributed by atoms with Crippen LogP contribution in [0.1, 0.15) is 19.8 Å². The van der Waals surface area contributed by atoms with E-state index < -0.39 is 37.2 Å². The fourth-order valence-corrected chi connectivity index (χ4v) is 3.81. The van der Waals surface area contributed by atoms with Gasteiger partial charge in [-0.3, -0.25) is 0 Å². The van der Waals surface area contributed by atoms with Gasteiger partial charge in [0, 0.05) is 0 Å². The second-order valence-electron chi connectivity index (χ2n) is 3.27. The Morgan fingerprint density at radius 1 is 1.00 bits per heavy atom. The molecule has 0 heterocycles. The van der Waals surface area contributed by atoms with Gasteiger partial charge in [0.15, 0.2) is 0 Å². The lowest BCUT2D eigenvalue weighted by molar-refractivity contribution is -0.241. The summed E-state index contributed by atoms with van der Waals surface area (Å²) < 4.78 is 104. The zero-order valence-corrected chi connectivity index (χ0v) is 10.6. The maximum atomic E-state index is 12.5. The zero-order valence-electron chi connectivity index (χ0n) is 8.96. The van der Waals surface area contributed by atoms with Gasteiger partial charge in [-0.05, 0) is 6.42 Å². The van der Waals surface area contributed by atoms with E-state index in [4.69, 9.17) is 0 Å². The molecule has 18 heavy (non-hydrogen) atoms. The third-order valence-electron chi connectivity index (χ3n) is 1.67. The van der Waals surface area contributed by atoms with Crippen LogP contribution < -0.4 is 4.13 Å². The van der Waals surface area contributed by atoms with Crippen molar-refractivity contribution in [2.75, 3.05) is 5.75 Å². The van der Waals surface area contributed by atoms with Gasteiger partial charge < -0.3 is 0 Å². The van der Waals surface area contributed by atoms with Crippen LogP contribution in [0.3, 0.4) is 0 Å². The van der Waals surface area contributed by atoms with Crippen molar-refractivity contribution in [3.8, 4) is 0 Å². The van der Waals surface area contributed by atoms with Gasteiger partial charge in [-0.25, -0.2) is 16.8 Å². The Morgan fingerprint density at radius 2 is 1.44 bits per heavy atom. The Balaban J connectivity index is 5.22. The van der Waals surface area contributed by atoms with Crippen LogP contribution in [0.25, 0.3) is 0 Å². The van der Waals surface area contributed by atoms with Crippen molar-refractivity contribution in [1.82, 2.24) is 4.13 Å². The van der Waals surface area contributed by atoms with Crippen LogP contribution >= 0.6 is 0 Å². The molecule has 0 aliphatic rings. The summed E-state index contributed by atoms with van der Waals surface area (Å²) >= 11 is 0. The van der Waals surface area contributed by atoms with Crippen LogP contribution in [0.5, 0.6) is 0 Å². The lowest BCUT2D eigenvalue weighted by Crippen LogP contribution is -2.51. The lowest BCUT2D eigenvalue weighted by Gasteiger charge is -2.19. The second-order valence-corrected chi connectivity index (χ2v) is 7.10. The third-order valence-corrected chi connectivity index (χ3v) is 5.30. The van der Waals surface area contributed by atoms with Crippen molar-refractivity contribution >= 4 is 20.0 Å². The summed E-state index contributed by atoms with van der Waals surface area (Å²) in [7, 11) is -11.2. The highest BCUT2D eigenvalue weighted by molar-refractivity contribution is 8.05. The van der Waals surface area contributed by atoms with Gasteiger partial charge >= 0.3 is 11.4 Å². The van der Waals surface area contributed by atoms with E-state index in [1.807, 2.05) is 0 Å². The SMILES string of the molecule is CCCCS(=O)(=O)NS(=O)(=O)C(F)(F)C(F)(F)F. The second kappa shape index (κ2) is 5.25. The van der Waals surface area contributed by atoms with Crippen LogP contribution in [0.2, 0.25) is 0 Å². The number of unbranched alkanes of at least 4 members (excludes halogenated alkanes) is 1. The predicted molar refractivity (Wildman–Crippen MR) is 51.8 cm³/mol. The van der Waals surface area contributed by atoms with E-state index >= 15 is 0 Å². The van der Waals surface area contributed by atoms with Crippen molar-refractivity contribution in [1.29, 1.82) is 0 Å². The molecule has 0 aliphatic heterocycles.